The Morgan fingerprint density at radius 1 is 0.881 bits per heavy atom. The van der Waals surface area contributed by atoms with E-state index in [9.17, 15) is 33.0 Å². The zero-order valence-electron chi connectivity index (χ0n) is 23.3. The predicted octanol–water partition coefficient (Wildman–Crippen LogP) is 7.00. The summed E-state index contributed by atoms with van der Waals surface area (Å²) < 4.78 is 46.8. The highest BCUT2D eigenvalue weighted by atomic mass is 35.5. The third-order valence-corrected chi connectivity index (χ3v) is 7.64. The van der Waals surface area contributed by atoms with Gasteiger partial charge in [0, 0.05) is 34.0 Å². The van der Waals surface area contributed by atoms with Crippen molar-refractivity contribution in [3.05, 3.63) is 57.6 Å². The first-order valence-corrected chi connectivity index (χ1v) is 14.5. The third-order valence-electron chi connectivity index (χ3n) is 7.10. The van der Waals surface area contributed by atoms with E-state index in [1.54, 1.807) is 6.07 Å². The Kier molecular flexibility index (Phi) is 11.9. The summed E-state index contributed by atoms with van der Waals surface area (Å²) >= 11 is 12.7. The molecule has 3 unspecified atom stereocenters. The van der Waals surface area contributed by atoms with E-state index in [2.05, 4.69) is 18.7 Å². The molecule has 0 radical (unpaired) electrons. The number of aliphatic hydroxyl groups excluding tert-OH is 2. The number of benzene rings is 3. The second kappa shape index (κ2) is 14.7. The molecule has 230 valence electrons. The lowest BCUT2D eigenvalue weighted by atomic mass is 9.92. The van der Waals surface area contributed by atoms with Gasteiger partial charge in [-0.15, -0.1) is 0 Å². The normalized spacial score (nSPS) is 14.3. The Bertz CT molecular complexity index is 1410. The van der Waals surface area contributed by atoms with Gasteiger partial charge in [0.1, 0.15) is 6.10 Å². The number of fused-ring (bicyclic) bond motifs is 3. The first kappa shape index (κ1) is 33.9. The molecule has 3 aromatic carbocycles. The smallest absolute Gasteiger partial charge is 0.416 e. The van der Waals surface area contributed by atoms with E-state index in [-0.39, 0.29) is 21.9 Å². The Labute approximate surface area is 251 Å². The first-order chi connectivity index (χ1) is 19.8. The second-order valence-corrected chi connectivity index (χ2v) is 11.0. The zero-order valence-corrected chi connectivity index (χ0v) is 24.8. The van der Waals surface area contributed by atoms with Crippen molar-refractivity contribution in [2.75, 3.05) is 19.6 Å². The van der Waals surface area contributed by atoms with Gasteiger partial charge in [0.25, 0.3) is 0 Å². The number of aliphatic carboxylic acids is 1. The van der Waals surface area contributed by atoms with Crippen molar-refractivity contribution in [3.63, 3.8) is 0 Å². The fourth-order valence-corrected chi connectivity index (χ4v) is 5.35. The molecule has 0 aliphatic carbocycles. The lowest BCUT2D eigenvalue weighted by Crippen LogP contribution is -2.41. The molecule has 3 aromatic rings. The predicted molar refractivity (Wildman–Crippen MR) is 156 cm³/mol. The van der Waals surface area contributed by atoms with Crippen LogP contribution in [0.4, 0.5) is 13.2 Å². The molecule has 7 nitrogen and oxygen atoms in total. The molecule has 42 heavy (non-hydrogen) atoms. The summed E-state index contributed by atoms with van der Waals surface area (Å²) in [5.41, 5.74) is -0.588. The highest BCUT2D eigenvalue weighted by molar-refractivity contribution is 6.39. The van der Waals surface area contributed by atoms with E-state index < -0.39 is 42.0 Å². The number of rotatable bonds is 14. The number of ether oxygens (including phenoxy) is 1. The summed E-state index contributed by atoms with van der Waals surface area (Å²) in [6.45, 7) is 6.10. The largest absolute Gasteiger partial charge is 0.479 e. The fraction of sp³-hybridized carbons (Fsp3) is 0.467. The summed E-state index contributed by atoms with van der Waals surface area (Å²) in [5, 5.41) is 30.6. The van der Waals surface area contributed by atoms with Crippen LogP contribution >= 0.6 is 23.2 Å². The summed E-state index contributed by atoms with van der Waals surface area (Å²) in [6.07, 6.45) is -6.65. The number of unbranched alkanes of at least 4 members (excludes halogenated alkanes) is 2. The monoisotopic (exact) mass is 631 g/mol. The molecule has 0 saturated carbocycles. The third kappa shape index (κ3) is 8.26. The van der Waals surface area contributed by atoms with Crippen molar-refractivity contribution >= 4 is 56.7 Å². The summed E-state index contributed by atoms with van der Waals surface area (Å²) in [5.74, 6) is -3.20. The number of halogens is 5. The standard InChI is InChI=1S/C30H34Cl2F3NO6/c1-3-5-10-36(11-6-4-2)12-9-25(42-29(41)27(38)26(37)28(39)40)23-16-22-21(14-18(31)15-24(22)32)20-13-17(30(33,34)35)7-8-19(20)23/h7-8,13-16,25-27,37-38H,3-6,9-12H2,1-2H3,(H,39,40). The van der Waals surface area contributed by atoms with Crippen molar-refractivity contribution in [1.82, 2.24) is 4.90 Å². The zero-order chi connectivity index (χ0) is 31.2. The number of hydrogen-bond acceptors (Lipinski definition) is 6. The van der Waals surface area contributed by atoms with Crippen LogP contribution in [0.25, 0.3) is 21.5 Å². The molecular weight excluding hydrogens is 598 g/mol. The maximum absolute atomic E-state index is 13.7. The molecule has 0 aromatic heterocycles. The molecule has 0 amide bonds. The number of nitrogens with zero attached hydrogens (tertiary/aromatic N) is 1. The quantitative estimate of drug-likeness (QED) is 0.130. The molecule has 3 N–H and O–H groups in total. The van der Waals surface area contributed by atoms with Crippen LogP contribution in [0, 0.1) is 0 Å². The first-order valence-electron chi connectivity index (χ1n) is 13.7. The maximum Gasteiger partial charge on any atom is 0.416 e. The summed E-state index contributed by atoms with van der Waals surface area (Å²) in [6, 6.07) is 7.71. The Balaban J connectivity index is 2.19. The number of alkyl halides is 3. The van der Waals surface area contributed by atoms with Crippen LogP contribution in [0.1, 0.15) is 63.2 Å². The minimum absolute atomic E-state index is 0.164. The average molecular weight is 633 g/mol. The fourth-order valence-electron chi connectivity index (χ4n) is 4.80. The van der Waals surface area contributed by atoms with Crippen molar-refractivity contribution in [1.29, 1.82) is 0 Å². The maximum atomic E-state index is 13.7. The SMILES string of the molecule is CCCCN(CCCC)CCC(OC(=O)C(O)C(O)C(=O)O)c1cc2c(Cl)cc(Cl)cc2c2cc(C(F)(F)F)ccc12. The Morgan fingerprint density at radius 3 is 2.07 bits per heavy atom. The van der Waals surface area contributed by atoms with Crippen molar-refractivity contribution in [3.8, 4) is 0 Å². The summed E-state index contributed by atoms with van der Waals surface area (Å²) in [7, 11) is 0. The van der Waals surface area contributed by atoms with Gasteiger partial charge in [-0.3, -0.25) is 0 Å². The van der Waals surface area contributed by atoms with Crippen LogP contribution < -0.4 is 0 Å². The topological polar surface area (TPSA) is 107 Å². The van der Waals surface area contributed by atoms with E-state index in [0.29, 0.717) is 28.3 Å². The number of hydrogen-bond donors (Lipinski definition) is 3. The van der Waals surface area contributed by atoms with E-state index in [1.165, 1.54) is 18.2 Å². The van der Waals surface area contributed by atoms with E-state index >= 15 is 0 Å². The van der Waals surface area contributed by atoms with Crippen LogP contribution in [0.3, 0.4) is 0 Å². The number of esters is 1. The van der Waals surface area contributed by atoms with Gasteiger partial charge in [0.15, 0.2) is 12.2 Å². The lowest BCUT2D eigenvalue weighted by molar-refractivity contribution is -0.174. The van der Waals surface area contributed by atoms with Crippen molar-refractivity contribution in [2.45, 2.75) is 70.4 Å². The van der Waals surface area contributed by atoms with Crippen LogP contribution in [-0.4, -0.2) is 64.0 Å². The van der Waals surface area contributed by atoms with Gasteiger partial charge in [-0.05, 0) is 72.4 Å². The van der Waals surface area contributed by atoms with Gasteiger partial charge in [0.2, 0.25) is 0 Å². The number of carboxylic acid groups (broad SMARTS) is 1. The van der Waals surface area contributed by atoms with Crippen LogP contribution in [-0.2, 0) is 20.5 Å². The molecule has 3 rings (SSSR count). The van der Waals surface area contributed by atoms with E-state index in [1.807, 2.05) is 0 Å². The molecule has 0 aliphatic heterocycles. The van der Waals surface area contributed by atoms with Gasteiger partial charge in [-0.25, -0.2) is 9.59 Å². The molecule has 0 fully saturated rings. The van der Waals surface area contributed by atoms with Crippen LogP contribution in [0.2, 0.25) is 10.0 Å². The average Bonchev–Trinajstić information content (AvgIpc) is 2.94. The molecule has 3 atom stereocenters. The Hall–Kier alpha value is -2.63. The minimum Gasteiger partial charge on any atom is -0.479 e. The van der Waals surface area contributed by atoms with Crippen molar-refractivity contribution in [2.24, 2.45) is 0 Å². The number of aliphatic hydroxyl groups is 2. The van der Waals surface area contributed by atoms with Gasteiger partial charge in [-0.1, -0.05) is 56.0 Å². The lowest BCUT2D eigenvalue weighted by Gasteiger charge is -2.27. The Morgan fingerprint density at radius 2 is 1.50 bits per heavy atom. The van der Waals surface area contributed by atoms with Crippen LogP contribution in [0.5, 0.6) is 0 Å². The van der Waals surface area contributed by atoms with Crippen molar-refractivity contribution < 1.29 is 42.8 Å². The molecule has 0 heterocycles. The molecule has 12 heteroatoms. The molecule has 0 aliphatic rings. The molecular formula is C30H34Cl2F3NO6. The molecule has 0 spiro atoms. The van der Waals surface area contributed by atoms with Gasteiger partial charge in [-0.2, -0.15) is 13.2 Å². The second-order valence-electron chi connectivity index (χ2n) is 10.2. The van der Waals surface area contributed by atoms with E-state index in [4.69, 9.17) is 33.0 Å². The van der Waals surface area contributed by atoms with Crippen LogP contribution in [0.15, 0.2) is 36.4 Å². The molecule has 0 saturated heterocycles. The van der Waals surface area contributed by atoms with Gasteiger partial charge in [0.05, 0.1) is 5.56 Å². The van der Waals surface area contributed by atoms with Gasteiger partial charge >= 0.3 is 18.1 Å². The minimum atomic E-state index is -4.64. The number of carbonyl (C=O) groups excluding carboxylic acids is 1. The number of carboxylic acids is 1. The van der Waals surface area contributed by atoms with Gasteiger partial charge < -0.3 is 25.0 Å². The summed E-state index contributed by atoms with van der Waals surface area (Å²) in [4.78, 5) is 26.2. The molecule has 0 bridgehead atoms. The number of carbonyl (C=O) groups is 2. The highest BCUT2D eigenvalue weighted by Crippen LogP contribution is 2.41. The van der Waals surface area contributed by atoms with E-state index in [0.717, 1.165) is 50.9 Å². The highest BCUT2D eigenvalue weighted by Gasteiger charge is 2.35.